The van der Waals surface area contributed by atoms with Crippen molar-refractivity contribution < 1.29 is 0 Å². The maximum absolute atomic E-state index is 5.81. The zero-order chi connectivity index (χ0) is 10.7. The number of allylic oxidation sites excluding steroid dienone is 4. The van der Waals surface area contributed by atoms with Crippen molar-refractivity contribution in [3.05, 3.63) is 53.1 Å². The van der Waals surface area contributed by atoms with E-state index in [1.807, 2.05) is 6.07 Å². The van der Waals surface area contributed by atoms with Crippen molar-refractivity contribution in [3.8, 4) is 0 Å². The lowest BCUT2D eigenvalue weighted by Crippen LogP contribution is -1.95. The van der Waals surface area contributed by atoms with E-state index < -0.39 is 0 Å². The lowest BCUT2D eigenvalue weighted by atomic mass is 10.00. The van der Waals surface area contributed by atoms with Gasteiger partial charge in [0.25, 0.3) is 0 Å². The van der Waals surface area contributed by atoms with Gasteiger partial charge in [0.1, 0.15) is 0 Å². The lowest BCUT2D eigenvalue weighted by Gasteiger charge is -2.07. The molecular weight excluding hydrogens is 182 g/mol. The van der Waals surface area contributed by atoms with Crippen LogP contribution in [-0.2, 0) is 12.8 Å². The summed E-state index contributed by atoms with van der Waals surface area (Å²) in [6.45, 7) is 2.15. The summed E-state index contributed by atoms with van der Waals surface area (Å²) in [5.74, 6) is 0. The number of hydrogen-bond donors (Lipinski definition) is 1. The van der Waals surface area contributed by atoms with Crippen molar-refractivity contribution in [1.29, 1.82) is 0 Å². The zero-order valence-corrected chi connectivity index (χ0v) is 9.16. The maximum atomic E-state index is 5.81. The van der Waals surface area contributed by atoms with Crippen LogP contribution in [0.1, 0.15) is 24.5 Å². The SMILES string of the molecule is CC1=C/Cc2cc(N)ccc2CC/C=C\1. The molecule has 1 nitrogen and oxygen atoms in total. The van der Waals surface area contributed by atoms with Gasteiger partial charge in [0.05, 0.1) is 0 Å². The molecule has 0 saturated carbocycles. The second-order valence-electron chi connectivity index (χ2n) is 4.12. The van der Waals surface area contributed by atoms with Crippen LogP contribution in [0.3, 0.4) is 0 Å². The van der Waals surface area contributed by atoms with Gasteiger partial charge in [-0.1, -0.05) is 29.9 Å². The van der Waals surface area contributed by atoms with Gasteiger partial charge in [0.15, 0.2) is 0 Å². The highest BCUT2D eigenvalue weighted by Gasteiger charge is 2.02. The minimum atomic E-state index is 0.868. The van der Waals surface area contributed by atoms with Crippen LogP contribution in [0.25, 0.3) is 0 Å². The highest BCUT2D eigenvalue weighted by atomic mass is 14.5. The minimum Gasteiger partial charge on any atom is -0.399 e. The van der Waals surface area contributed by atoms with Gasteiger partial charge in [-0.05, 0) is 49.4 Å². The van der Waals surface area contributed by atoms with Crippen LogP contribution in [-0.4, -0.2) is 0 Å². The minimum absolute atomic E-state index is 0.868. The van der Waals surface area contributed by atoms with Gasteiger partial charge >= 0.3 is 0 Å². The van der Waals surface area contributed by atoms with E-state index >= 15 is 0 Å². The molecule has 1 aliphatic rings. The molecule has 2 rings (SSSR count). The van der Waals surface area contributed by atoms with Crippen LogP contribution < -0.4 is 5.73 Å². The topological polar surface area (TPSA) is 26.0 Å². The number of nitrogens with two attached hydrogens (primary N) is 1. The first kappa shape index (κ1) is 10.0. The molecule has 0 atom stereocenters. The Morgan fingerprint density at radius 1 is 1.20 bits per heavy atom. The fourth-order valence-corrected chi connectivity index (χ4v) is 1.93. The molecule has 0 heterocycles. The summed E-state index contributed by atoms with van der Waals surface area (Å²) in [5.41, 5.74) is 10.8. The predicted octanol–water partition coefficient (Wildman–Crippen LogP) is 3.26. The van der Waals surface area contributed by atoms with Gasteiger partial charge in [-0.15, -0.1) is 0 Å². The van der Waals surface area contributed by atoms with Gasteiger partial charge in [0.2, 0.25) is 0 Å². The zero-order valence-electron chi connectivity index (χ0n) is 9.16. The van der Waals surface area contributed by atoms with E-state index in [0.717, 1.165) is 24.9 Å². The molecule has 78 valence electrons. The average molecular weight is 199 g/mol. The third kappa shape index (κ3) is 2.50. The van der Waals surface area contributed by atoms with Crippen molar-refractivity contribution in [2.45, 2.75) is 26.2 Å². The first-order valence-corrected chi connectivity index (χ1v) is 5.46. The third-order valence-corrected chi connectivity index (χ3v) is 2.84. The summed E-state index contributed by atoms with van der Waals surface area (Å²) >= 11 is 0. The molecule has 0 amide bonds. The summed E-state index contributed by atoms with van der Waals surface area (Å²) in [6.07, 6.45) is 9.94. The fraction of sp³-hybridized carbons (Fsp3) is 0.286. The predicted molar refractivity (Wildman–Crippen MR) is 65.8 cm³/mol. The smallest absolute Gasteiger partial charge is 0.0317 e. The first-order valence-electron chi connectivity index (χ1n) is 5.46. The van der Waals surface area contributed by atoms with E-state index in [4.69, 9.17) is 5.73 Å². The second-order valence-corrected chi connectivity index (χ2v) is 4.12. The number of fused-ring (bicyclic) bond motifs is 1. The molecule has 2 N–H and O–H groups in total. The number of aryl methyl sites for hydroxylation is 1. The molecule has 0 aromatic heterocycles. The molecule has 0 radical (unpaired) electrons. The van der Waals surface area contributed by atoms with Crippen LogP contribution in [0.4, 0.5) is 5.69 Å². The fourth-order valence-electron chi connectivity index (χ4n) is 1.93. The molecule has 1 aliphatic carbocycles. The number of benzene rings is 1. The van der Waals surface area contributed by atoms with Crippen molar-refractivity contribution in [2.75, 3.05) is 5.73 Å². The lowest BCUT2D eigenvalue weighted by molar-refractivity contribution is 0.980. The van der Waals surface area contributed by atoms with E-state index in [1.165, 1.54) is 16.7 Å². The Kier molecular flexibility index (Phi) is 2.91. The molecule has 0 aliphatic heterocycles. The summed E-state index contributed by atoms with van der Waals surface area (Å²) in [6, 6.07) is 6.26. The highest BCUT2D eigenvalue weighted by molar-refractivity contribution is 5.46. The van der Waals surface area contributed by atoms with Gasteiger partial charge in [-0.25, -0.2) is 0 Å². The van der Waals surface area contributed by atoms with Gasteiger partial charge < -0.3 is 5.73 Å². The summed E-state index contributed by atoms with van der Waals surface area (Å²) in [7, 11) is 0. The first-order chi connectivity index (χ1) is 7.25. The molecule has 0 unspecified atom stereocenters. The van der Waals surface area contributed by atoms with E-state index in [0.29, 0.717) is 0 Å². The van der Waals surface area contributed by atoms with E-state index in [2.05, 4.69) is 37.3 Å². The van der Waals surface area contributed by atoms with Crippen LogP contribution in [0.5, 0.6) is 0 Å². The number of anilines is 1. The molecule has 1 aromatic rings. The Morgan fingerprint density at radius 3 is 2.93 bits per heavy atom. The normalized spacial score (nSPS) is 21.5. The van der Waals surface area contributed by atoms with Crippen molar-refractivity contribution in [3.63, 3.8) is 0 Å². The molecule has 15 heavy (non-hydrogen) atoms. The Balaban J connectivity index is 2.37. The van der Waals surface area contributed by atoms with E-state index in [-0.39, 0.29) is 0 Å². The molecule has 0 fully saturated rings. The number of hydrogen-bond acceptors (Lipinski definition) is 1. The van der Waals surface area contributed by atoms with E-state index in [1.54, 1.807) is 0 Å². The van der Waals surface area contributed by atoms with Gasteiger partial charge in [0, 0.05) is 5.69 Å². The van der Waals surface area contributed by atoms with E-state index in [9.17, 15) is 0 Å². The quantitative estimate of drug-likeness (QED) is 0.638. The summed E-state index contributed by atoms with van der Waals surface area (Å²) in [4.78, 5) is 0. The standard InChI is InChI=1S/C14H17N/c1-11-4-2-3-5-12-8-9-14(15)10-13(12)7-6-11/h2,4,6,8-10H,3,5,7,15H2,1H3/b4-2-,11-6-. The Hall–Kier alpha value is -1.50. The third-order valence-electron chi connectivity index (χ3n) is 2.84. The van der Waals surface area contributed by atoms with Gasteiger partial charge in [-0.2, -0.15) is 0 Å². The van der Waals surface area contributed by atoms with Crippen molar-refractivity contribution in [2.24, 2.45) is 0 Å². The highest BCUT2D eigenvalue weighted by Crippen LogP contribution is 2.18. The molecule has 0 spiro atoms. The summed E-state index contributed by atoms with van der Waals surface area (Å²) < 4.78 is 0. The number of rotatable bonds is 0. The van der Waals surface area contributed by atoms with Crippen LogP contribution >= 0.6 is 0 Å². The Morgan fingerprint density at radius 2 is 2.07 bits per heavy atom. The average Bonchev–Trinajstić information content (AvgIpc) is 2.30. The monoisotopic (exact) mass is 199 g/mol. The van der Waals surface area contributed by atoms with Crippen LogP contribution in [0.15, 0.2) is 42.0 Å². The number of nitrogen functional groups attached to an aromatic ring is 1. The molecule has 0 bridgehead atoms. The molecular formula is C14H17N. The van der Waals surface area contributed by atoms with Crippen LogP contribution in [0.2, 0.25) is 0 Å². The summed E-state index contributed by atoms with van der Waals surface area (Å²) in [5, 5.41) is 0. The maximum Gasteiger partial charge on any atom is 0.0317 e. The largest absolute Gasteiger partial charge is 0.399 e. The van der Waals surface area contributed by atoms with Gasteiger partial charge in [-0.3, -0.25) is 0 Å². The second kappa shape index (κ2) is 4.35. The molecule has 0 saturated heterocycles. The Labute approximate surface area is 91.3 Å². The Bertz CT molecular complexity index is 413. The molecule has 1 aromatic carbocycles. The van der Waals surface area contributed by atoms with Crippen LogP contribution in [0, 0.1) is 0 Å². The molecule has 1 heteroatoms. The van der Waals surface area contributed by atoms with Crippen molar-refractivity contribution in [1.82, 2.24) is 0 Å². The van der Waals surface area contributed by atoms with Crippen molar-refractivity contribution >= 4 is 5.69 Å².